The van der Waals surface area contributed by atoms with Gasteiger partial charge in [0.1, 0.15) is 23.1 Å². The minimum absolute atomic E-state index is 0.0630. The molecule has 0 saturated carbocycles. The van der Waals surface area contributed by atoms with Gasteiger partial charge in [-0.05, 0) is 19.9 Å². The third kappa shape index (κ3) is 2.83. The van der Waals surface area contributed by atoms with Crippen molar-refractivity contribution in [1.82, 2.24) is 9.13 Å². The second-order valence-corrected chi connectivity index (χ2v) is 6.99. The molecule has 1 unspecified atom stereocenters. The van der Waals surface area contributed by atoms with Gasteiger partial charge in [-0.1, -0.05) is 11.6 Å². The predicted molar refractivity (Wildman–Crippen MR) is 86.9 cm³/mol. The van der Waals surface area contributed by atoms with Crippen LogP contribution in [0.2, 0.25) is 5.02 Å². The van der Waals surface area contributed by atoms with Crippen LogP contribution in [0.4, 0.5) is 17.6 Å². The Morgan fingerprint density at radius 2 is 1.85 bits per heavy atom. The first-order chi connectivity index (χ1) is 12.3. The minimum atomic E-state index is -4.96. The van der Waals surface area contributed by atoms with E-state index in [1.165, 1.54) is 13.8 Å². The molecule has 0 aliphatic carbocycles. The average Bonchev–Trinajstić information content (AvgIpc) is 2.75. The monoisotopic (exact) mass is 408 g/mol. The number of rotatable bonds is 1. The van der Waals surface area contributed by atoms with Gasteiger partial charge in [-0.25, -0.2) is 13.8 Å². The van der Waals surface area contributed by atoms with Gasteiger partial charge < -0.3 is 9.84 Å². The Balaban J connectivity index is 2.41. The van der Waals surface area contributed by atoms with Gasteiger partial charge in [-0.3, -0.25) is 9.36 Å². The molecule has 1 atom stereocenters. The van der Waals surface area contributed by atoms with Crippen LogP contribution in [-0.4, -0.2) is 19.8 Å². The number of halogens is 5. The van der Waals surface area contributed by atoms with Crippen LogP contribution in [0.3, 0.4) is 0 Å². The molecular formula is C16H13ClF4N2O4. The number of hydrogen-bond acceptors (Lipinski definition) is 4. The number of aromatic nitrogens is 2. The lowest BCUT2D eigenvalue weighted by molar-refractivity contribution is -0.144. The van der Waals surface area contributed by atoms with Crippen LogP contribution in [0.25, 0.3) is 5.69 Å². The Hall–Kier alpha value is -2.33. The number of alkyl halides is 3. The number of benzene rings is 1. The third-order valence-corrected chi connectivity index (χ3v) is 4.64. The van der Waals surface area contributed by atoms with Crippen LogP contribution in [0, 0.1) is 5.82 Å². The molecule has 0 amide bonds. The van der Waals surface area contributed by atoms with Crippen molar-refractivity contribution >= 4 is 11.6 Å². The summed E-state index contributed by atoms with van der Waals surface area (Å²) in [5.41, 5.74) is -6.36. The summed E-state index contributed by atoms with van der Waals surface area (Å²) in [6.07, 6.45) is -6.27. The van der Waals surface area contributed by atoms with Gasteiger partial charge in [0.25, 0.3) is 5.56 Å². The Morgan fingerprint density at radius 1 is 1.26 bits per heavy atom. The molecule has 1 aromatic heterocycles. The number of hydrogen-bond donors (Lipinski definition) is 1. The molecule has 0 radical (unpaired) electrons. The maximum absolute atomic E-state index is 14.6. The van der Waals surface area contributed by atoms with E-state index in [1.54, 1.807) is 0 Å². The van der Waals surface area contributed by atoms with Crippen LogP contribution < -0.4 is 16.0 Å². The van der Waals surface area contributed by atoms with Crippen molar-refractivity contribution in [2.24, 2.45) is 7.05 Å². The lowest BCUT2D eigenvalue weighted by Gasteiger charge is -2.22. The average molecular weight is 409 g/mol. The van der Waals surface area contributed by atoms with E-state index in [-0.39, 0.29) is 31.5 Å². The van der Waals surface area contributed by atoms with Crippen molar-refractivity contribution in [3.05, 3.63) is 55.1 Å². The summed E-state index contributed by atoms with van der Waals surface area (Å²) in [6.45, 7) is 2.92. The smallest absolute Gasteiger partial charge is 0.431 e. The van der Waals surface area contributed by atoms with Crippen LogP contribution in [0.5, 0.6) is 5.75 Å². The van der Waals surface area contributed by atoms with Crippen LogP contribution in [0.1, 0.15) is 31.2 Å². The summed E-state index contributed by atoms with van der Waals surface area (Å²) in [6, 6.07) is 0.936. The first-order valence-corrected chi connectivity index (χ1v) is 7.94. The lowest BCUT2D eigenvalue weighted by atomic mass is 9.97. The zero-order valence-corrected chi connectivity index (χ0v) is 14.9. The van der Waals surface area contributed by atoms with Crippen molar-refractivity contribution in [2.45, 2.75) is 31.7 Å². The molecule has 3 rings (SSSR count). The predicted octanol–water partition coefficient (Wildman–Crippen LogP) is 2.55. The molecule has 11 heteroatoms. The number of fused-ring (bicyclic) bond motifs is 1. The highest BCUT2D eigenvalue weighted by atomic mass is 35.5. The number of nitrogens with zero attached hydrogens (tertiary/aromatic N) is 2. The summed E-state index contributed by atoms with van der Waals surface area (Å²) in [7, 11) is 0.800. The van der Waals surface area contributed by atoms with Crippen molar-refractivity contribution in [3.8, 4) is 11.4 Å². The summed E-state index contributed by atoms with van der Waals surface area (Å²) >= 11 is 5.95. The Labute approximate surface area is 154 Å². The normalized spacial score (nSPS) is 18.3. The molecule has 2 heterocycles. The van der Waals surface area contributed by atoms with Gasteiger partial charge in [0.2, 0.25) is 0 Å². The lowest BCUT2D eigenvalue weighted by Crippen LogP contribution is -2.41. The highest BCUT2D eigenvalue weighted by Crippen LogP contribution is 2.49. The van der Waals surface area contributed by atoms with Crippen molar-refractivity contribution < 1.29 is 27.4 Å². The number of aliphatic hydroxyl groups excluding tert-OH is 1. The fraction of sp³-hybridized carbons (Fsp3) is 0.375. The SMILES string of the molecule is Cn1c(C(F)(F)F)cc(=O)n(-c2c(F)cc(Cl)c3c2OC(C)(C)C3O)c1=O. The maximum atomic E-state index is 14.6. The Morgan fingerprint density at radius 3 is 2.41 bits per heavy atom. The van der Waals surface area contributed by atoms with E-state index in [2.05, 4.69) is 0 Å². The molecule has 6 nitrogen and oxygen atoms in total. The van der Waals surface area contributed by atoms with Gasteiger partial charge in [0.05, 0.1) is 5.02 Å². The van der Waals surface area contributed by atoms with E-state index in [0.717, 1.165) is 13.1 Å². The van der Waals surface area contributed by atoms with Gasteiger partial charge in [-0.15, -0.1) is 0 Å². The second kappa shape index (κ2) is 5.83. The largest absolute Gasteiger partial charge is 0.482 e. The highest BCUT2D eigenvalue weighted by Gasteiger charge is 2.45. The van der Waals surface area contributed by atoms with Crippen LogP contribution >= 0.6 is 11.6 Å². The molecule has 2 aromatic rings. The first kappa shape index (κ1) is 19.4. The zero-order valence-electron chi connectivity index (χ0n) is 14.2. The molecule has 1 aromatic carbocycles. The van der Waals surface area contributed by atoms with E-state index in [4.69, 9.17) is 16.3 Å². The minimum Gasteiger partial charge on any atom is -0.482 e. The fourth-order valence-electron chi connectivity index (χ4n) is 2.94. The van der Waals surface area contributed by atoms with Crippen LogP contribution in [0.15, 0.2) is 21.7 Å². The standard InChI is InChI=1S/C16H13ClF4N2O4/c1-15(2)13(25)10-6(17)4-7(18)11(12(10)27-15)23-9(24)5-8(16(19,20)21)22(3)14(23)26/h4-5,13,25H,1-3H3. The summed E-state index contributed by atoms with van der Waals surface area (Å²) in [5.74, 6) is -1.54. The zero-order chi connectivity index (χ0) is 20.5. The molecule has 1 aliphatic heterocycles. The molecule has 27 heavy (non-hydrogen) atoms. The van der Waals surface area contributed by atoms with Crippen molar-refractivity contribution in [1.29, 1.82) is 0 Å². The molecule has 1 N–H and O–H groups in total. The molecule has 0 fully saturated rings. The van der Waals surface area contributed by atoms with E-state index in [9.17, 15) is 32.3 Å². The molecule has 0 spiro atoms. The maximum Gasteiger partial charge on any atom is 0.431 e. The highest BCUT2D eigenvalue weighted by molar-refractivity contribution is 6.31. The van der Waals surface area contributed by atoms with Crippen molar-refractivity contribution in [3.63, 3.8) is 0 Å². The number of aliphatic hydroxyl groups is 1. The van der Waals surface area contributed by atoms with E-state index in [0.29, 0.717) is 0 Å². The summed E-state index contributed by atoms with van der Waals surface area (Å²) < 4.78 is 59.5. The van der Waals surface area contributed by atoms with Gasteiger partial charge in [-0.2, -0.15) is 13.2 Å². The number of ether oxygens (including phenoxy) is 1. The quantitative estimate of drug-likeness (QED) is 0.736. The topological polar surface area (TPSA) is 73.5 Å². The van der Waals surface area contributed by atoms with Crippen molar-refractivity contribution in [2.75, 3.05) is 0 Å². The molecule has 0 bridgehead atoms. The summed E-state index contributed by atoms with van der Waals surface area (Å²) in [4.78, 5) is 24.7. The molecular weight excluding hydrogens is 396 g/mol. The first-order valence-electron chi connectivity index (χ1n) is 7.57. The Kier molecular flexibility index (Phi) is 4.20. The van der Waals surface area contributed by atoms with Crippen LogP contribution in [-0.2, 0) is 13.2 Å². The second-order valence-electron chi connectivity index (χ2n) is 6.58. The molecule has 146 valence electrons. The molecule has 0 saturated heterocycles. The van der Waals surface area contributed by atoms with E-state index >= 15 is 0 Å². The summed E-state index contributed by atoms with van der Waals surface area (Å²) in [5, 5.41) is 10.1. The van der Waals surface area contributed by atoms with Gasteiger partial charge in [0.15, 0.2) is 11.6 Å². The fourth-order valence-corrected chi connectivity index (χ4v) is 3.22. The molecule has 1 aliphatic rings. The van der Waals surface area contributed by atoms with Gasteiger partial charge in [0, 0.05) is 18.7 Å². The van der Waals surface area contributed by atoms with E-state index < -0.39 is 46.3 Å². The van der Waals surface area contributed by atoms with E-state index in [1.807, 2.05) is 0 Å². The third-order valence-electron chi connectivity index (χ3n) is 4.33. The van der Waals surface area contributed by atoms with Gasteiger partial charge >= 0.3 is 11.9 Å². The Bertz CT molecular complexity index is 1070.